The molecule has 20 heavy (non-hydrogen) atoms. The van der Waals surface area contributed by atoms with Crippen LogP contribution in [0.1, 0.15) is 19.5 Å². The van der Waals surface area contributed by atoms with E-state index < -0.39 is 0 Å². The molecule has 0 bridgehead atoms. The van der Waals surface area contributed by atoms with Crippen molar-refractivity contribution in [3.05, 3.63) is 48.3 Å². The standard InChI is InChI=1S/C16H20N4/c1-16(2,14-9-6-10-17-14)11-18-15-19-12-7-4-5-8-13(12)20(15)3/h4-10,17H,11H2,1-3H3,(H,18,19). The van der Waals surface area contributed by atoms with Gasteiger partial charge in [-0.25, -0.2) is 4.98 Å². The lowest BCUT2D eigenvalue weighted by Crippen LogP contribution is -2.28. The maximum atomic E-state index is 4.64. The highest BCUT2D eigenvalue weighted by Crippen LogP contribution is 2.23. The van der Waals surface area contributed by atoms with E-state index >= 15 is 0 Å². The van der Waals surface area contributed by atoms with E-state index in [1.807, 2.05) is 37.5 Å². The lowest BCUT2D eigenvalue weighted by Gasteiger charge is -2.24. The Morgan fingerprint density at radius 2 is 2.00 bits per heavy atom. The van der Waals surface area contributed by atoms with E-state index in [0.29, 0.717) is 0 Å². The Morgan fingerprint density at radius 1 is 1.20 bits per heavy atom. The van der Waals surface area contributed by atoms with Crippen molar-refractivity contribution >= 4 is 17.0 Å². The van der Waals surface area contributed by atoms with Gasteiger partial charge in [-0.15, -0.1) is 0 Å². The van der Waals surface area contributed by atoms with Gasteiger partial charge in [0.1, 0.15) is 0 Å². The van der Waals surface area contributed by atoms with Gasteiger partial charge >= 0.3 is 0 Å². The smallest absolute Gasteiger partial charge is 0.203 e. The number of para-hydroxylation sites is 2. The summed E-state index contributed by atoms with van der Waals surface area (Å²) in [4.78, 5) is 7.93. The summed E-state index contributed by atoms with van der Waals surface area (Å²) in [6.45, 7) is 5.26. The van der Waals surface area contributed by atoms with Crippen LogP contribution in [0.25, 0.3) is 11.0 Å². The normalized spacial score (nSPS) is 11.9. The minimum absolute atomic E-state index is 0.0294. The second-order valence-corrected chi connectivity index (χ2v) is 5.80. The van der Waals surface area contributed by atoms with E-state index in [1.165, 1.54) is 5.69 Å². The Kier molecular flexibility index (Phi) is 3.01. The van der Waals surface area contributed by atoms with Gasteiger partial charge in [0.05, 0.1) is 11.0 Å². The topological polar surface area (TPSA) is 45.6 Å². The first-order valence-electron chi connectivity index (χ1n) is 6.87. The van der Waals surface area contributed by atoms with Crippen molar-refractivity contribution in [3.8, 4) is 0 Å². The van der Waals surface area contributed by atoms with Gasteiger partial charge in [0, 0.05) is 30.9 Å². The number of hydrogen-bond acceptors (Lipinski definition) is 2. The number of rotatable bonds is 4. The van der Waals surface area contributed by atoms with Crippen molar-refractivity contribution in [3.63, 3.8) is 0 Å². The van der Waals surface area contributed by atoms with Crippen molar-refractivity contribution in [2.75, 3.05) is 11.9 Å². The first-order valence-corrected chi connectivity index (χ1v) is 6.87. The van der Waals surface area contributed by atoms with Crippen LogP contribution in [0.2, 0.25) is 0 Å². The van der Waals surface area contributed by atoms with Crippen LogP contribution in [-0.2, 0) is 12.5 Å². The Morgan fingerprint density at radius 3 is 2.70 bits per heavy atom. The molecule has 3 rings (SSSR count). The van der Waals surface area contributed by atoms with E-state index in [9.17, 15) is 0 Å². The molecule has 0 aliphatic carbocycles. The van der Waals surface area contributed by atoms with Gasteiger partial charge < -0.3 is 14.9 Å². The minimum atomic E-state index is 0.0294. The van der Waals surface area contributed by atoms with Crippen LogP contribution in [0.5, 0.6) is 0 Å². The maximum Gasteiger partial charge on any atom is 0.203 e. The van der Waals surface area contributed by atoms with Crippen LogP contribution in [0, 0.1) is 0 Å². The zero-order valence-corrected chi connectivity index (χ0v) is 12.1. The SMILES string of the molecule is Cn1c(NCC(C)(C)c2ccc[nH]2)nc2ccccc21. The summed E-state index contributed by atoms with van der Waals surface area (Å²) < 4.78 is 2.10. The van der Waals surface area contributed by atoms with E-state index in [-0.39, 0.29) is 5.41 Å². The van der Waals surface area contributed by atoms with Crippen molar-refractivity contribution in [2.45, 2.75) is 19.3 Å². The van der Waals surface area contributed by atoms with Gasteiger partial charge in [-0.1, -0.05) is 26.0 Å². The van der Waals surface area contributed by atoms with Crippen LogP contribution in [0.4, 0.5) is 5.95 Å². The average molecular weight is 268 g/mol. The van der Waals surface area contributed by atoms with E-state index in [2.05, 4.69) is 45.8 Å². The summed E-state index contributed by atoms with van der Waals surface area (Å²) in [5.41, 5.74) is 3.42. The van der Waals surface area contributed by atoms with Crippen molar-refractivity contribution in [2.24, 2.45) is 7.05 Å². The second-order valence-electron chi connectivity index (χ2n) is 5.80. The minimum Gasteiger partial charge on any atom is -0.364 e. The zero-order valence-electron chi connectivity index (χ0n) is 12.1. The van der Waals surface area contributed by atoms with Gasteiger partial charge in [-0.05, 0) is 24.3 Å². The Balaban J connectivity index is 1.82. The molecule has 0 amide bonds. The predicted octanol–water partition coefficient (Wildman–Crippen LogP) is 3.29. The monoisotopic (exact) mass is 268 g/mol. The Labute approximate surface area is 118 Å². The molecule has 0 aliphatic rings. The molecule has 0 fully saturated rings. The molecular weight excluding hydrogens is 248 g/mol. The summed E-state index contributed by atoms with van der Waals surface area (Å²) in [7, 11) is 2.04. The first-order chi connectivity index (χ1) is 9.58. The molecule has 3 aromatic rings. The van der Waals surface area contributed by atoms with Crippen LogP contribution in [0.3, 0.4) is 0 Å². The predicted molar refractivity (Wildman–Crippen MR) is 83.0 cm³/mol. The fourth-order valence-electron chi connectivity index (χ4n) is 2.45. The highest BCUT2D eigenvalue weighted by atomic mass is 15.2. The number of fused-ring (bicyclic) bond motifs is 1. The number of H-pyrrole nitrogens is 1. The van der Waals surface area contributed by atoms with Gasteiger partial charge in [0.15, 0.2) is 0 Å². The molecule has 0 atom stereocenters. The molecule has 4 nitrogen and oxygen atoms in total. The third kappa shape index (κ3) is 2.18. The molecule has 2 heterocycles. The number of anilines is 1. The van der Waals surface area contributed by atoms with Crippen molar-refractivity contribution in [1.29, 1.82) is 0 Å². The second kappa shape index (κ2) is 4.71. The zero-order chi connectivity index (χ0) is 14.2. The summed E-state index contributed by atoms with van der Waals surface area (Å²) in [5.74, 6) is 0.908. The molecule has 0 radical (unpaired) electrons. The van der Waals surface area contributed by atoms with E-state index in [4.69, 9.17) is 0 Å². The number of aromatic amines is 1. The summed E-state index contributed by atoms with van der Waals surface area (Å²) in [6, 6.07) is 12.3. The van der Waals surface area contributed by atoms with Gasteiger partial charge in [0.2, 0.25) is 5.95 Å². The molecule has 1 aromatic carbocycles. The third-order valence-electron chi connectivity index (χ3n) is 3.80. The summed E-state index contributed by atoms with van der Waals surface area (Å²) >= 11 is 0. The van der Waals surface area contributed by atoms with Gasteiger partial charge in [0.25, 0.3) is 0 Å². The third-order valence-corrected chi connectivity index (χ3v) is 3.80. The van der Waals surface area contributed by atoms with E-state index in [1.54, 1.807) is 0 Å². The van der Waals surface area contributed by atoms with Crippen LogP contribution >= 0.6 is 0 Å². The summed E-state index contributed by atoms with van der Waals surface area (Å²) in [5, 5.41) is 3.46. The largest absolute Gasteiger partial charge is 0.364 e. The van der Waals surface area contributed by atoms with Crippen molar-refractivity contribution in [1.82, 2.24) is 14.5 Å². The van der Waals surface area contributed by atoms with Gasteiger partial charge in [-0.3, -0.25) is 0 Å². The molecule has 0 aliphatic heterocycles. The average Bonchev–Trinajstić information content (AvgIpc) is 3.06. The van der Waals surface area contributed by atoms with Crippen LogP contribution < -0.4 is 5.32 Å². The molecular formula is C16H20N4. The number of nitrogens with zero attached hydrogens (tertiary/aromatic N) is 2. The number of benzene rings is 1. The molecule has 2 N–H and O–H groups in total. The molecule has 104 valence electrons. The number of aryl methyl sites for hydroxylation is 1. The fourth-order valence-corrected chi connectivity index (χ4v) is 2.45. The Bertz CT molecular complexity index is 707. The Hall–Kier alpha value is -2.23. The summed E-state index contributed by atoms with van der Waals surface area (Å²) in [6.07, 6.45) is 1.96. The molecule has 0 saturated carbocycles. The quantitative estimate of drug-likeness (QED) is 0.762. The molecule has 0 unspecified atom stereocenters. The number of hydrogen-bond donors (Lipinski definition) is 2. The molecule has 2 aromatic heterocycles. The highest BCUT2D eigenvalue weighted by molar-refractivity contribution is 5.78. The van der Waals surface area contributed by atoms with Crippen LogP contribution in [-0.4, -0.2) is 21.1 Å². The van der Waals surface area contributed by atoms with Crippen molar-refractivity contribution < 1.29 is 0 Å². The highest BCUT2D eigenvalue weighted by Gasteiger charge is 2.22. The van der Waals surface area contributed by atoms with E-state index in [0.717, 1.165) is 23.5 Å². The molecule has 4 heteroatoms. The lowest BCUT2D eigenvalue weighted by atomic mass is 9.89. The number of nitrogens with one attached hydrogen (secondary N) is 2. The molecule has 0 spiro atoms. The molecule has 0 saturated heterocycles. The maximum absolute atomic E-state index is 4.64. The number of imidazole rings is 1. The fraction of sp³-hybridized carbons (Fsp3) is 0.312. The first kappa shape index (κ1) is 12.8. The number of aromatic nitrogens is 3. The van der Waals surface area contributed by atoms with Gasteiger partial charge in [-0.2, -0.15) is 0 Å². The van der Waals surface area contributed by atoms with Crippen LogP contribution in [0.15, 0.2) is 42.6 Å². The lowest BCUT2D eigenvalue weighted by molar-refractivity contribution is 0.539.